The van der Waals surface area contributed by atoms with E-state index in [1.165, 1.54) is 0 Å². The lowest BCUT2D eigenvalue weighted by atomic mass is 10.1. The second kappa shape index (κ2) is 6.74. The van der Waals surface area contributed by atoms with Crippen LogP contribution in [0, 0.1) is 13.8 Å². The van der Waals surface area contributed by atoms with E-state index in [-0.39, 0.29) is 18.4 Å². The Labute approximate surface area is 123 Å². The Morgan fingerprint density at radius 2 is 1.95 bits per heavy atom. The van der Waals surface area contributed by atoms with Crippen LogP contribution in [0.4, 0.5) is 0 Å². The maximum absolute atomic E-state index is 12.0. The number of benzene rings is 1. The number of nitrogens with one attached hydrogen (secondary N) is 2. The van der Waals surface area contributed by atoms with E-state index in [1.54, 1.807) is 24.5 Å². The van der Waals surface area contributed by atoms with Crippen molar-refractivity contribution < 1.29 is 14.0 Å². The molecule has 110 valence electrons. The molecule has 0 saturated heterocycles. The molecule has 1 heterocycles. The molecular formula is C16H18N2O3. The van der Waals surface area contributed by atoms with Gasteiger partial charge < -0.3 is 15.1 Å². The average Bonchev–Trinajstić information content (AvgIpc) is 2.95. The zero-order valence-electron chi connectivity index (χ0n) is 12.1. The first-order valence-electron chi connectivity index (χ1n) is 6.71. The predicted octanol–water partition coefficient (Wildman–Crippen LogP) is 1.94. The topological polar surface area (TPSA) is 71.3 Å². The third kappa shape index (κ3) is 4.21. The van der Waals surface area contributed by atoms with Gasteiger partial charge in [0.2, 0.25) is 5.91 Å². The van der Waals surface area contributed by atoms with Crippen LogP contribution in [0.15, 0.2) is 41.0 Å². The Morgan fingerprint density at radius 3 is 2.62 bits per heavy atom. The fourth-order valence-electron chi connectivity index (χ4n) is 1.99. The maximum Gasteiger partial charge on any atom is 0.251 e. The van der Waals surface area contributed by atoms with E-state index in [4.69, 9.17) is 4.42 Å². The van der Waals surface area contributed by atoms with E-state index in [9.17, 15) is 9.59 Å². The molecule has 5 heteroatoms. The summed E-state index contributed by atoms with van der Waals surface area (Å²) in [5.41, 5.74) is 2.57. The number of carbonyl (C=O) groups excluding carboxylic acids is 2. The molecule has 0 spiro atoms. The summed E-state index contributed by atoms with van der Waals surface area (Å²) >= 11 is 0. The molecule has 0 atom stereocenters. The smallest absolute Gasteiger partial charge is 0.251 e. The van der Waals surface area contributed by atoms with Crippen LogP contribution in [0.2, 0.25) is 0 Å². The van der Waals surface area contributed by atoms with Crippen molar-refractivity contribution in [3.63, 3.8) is 0 Å². The minimum absolute atomic E-state index is 0.0626. The van der Waals surface area contributed by atoms with Crippen LogP contribution in [-0.4, -0.2) is 18.4 Å². The van der Waals surface area contributed by atoms with E-state index in [0.29, 0.717) is 17.9 Å². The van der Waals surface area contributed by atoms with E-state index in [1.807, 2.05) is 26.0 Å². The number of hydrogen-bond donors (Lipinski definition) is 2. The van der Waals surface area contributed by atoms with E-state index < -0.39 is 0 Å². The molecule has 0 radical (unpaired) electrons. The van der Waals surface area contributed by atoms with Gasteiger partial charge in [-0.1, -0.05) is 17.7 Å². The molecule has 21 heavy (non-hydrogen) atoms. The fraction of sp³-hybridized carbons (Fsp3) is 0.250. The summed E-state index contributed by atoms with van der Waals surface area (Å²) in [4.78, 5) is 23.7. The Morgan fingerprint density at radius 1 is 1.14 bits per heavy atom. The molecule has 0 aliphatic heterocycles. The van der Waals surface area contributed by atoms with Gasteiger partial charge in [0.1, 0.15) is 5.76 Å². The lowest BCUT2D eigenvalue weighted by molar-refractivity contribution is -0.120. The minimum atomic E-state index is -0.260. The Kier molecular flexibility index (Phi) is 4.77. The van der Waals surface area contributed by atoms with Crippen molar-refractivity contribution in [2.45, 2.75) is 20.4 Å². The molecule has 0 fully saturated rings. The van der Waals surface area contributed by atoms with Crippen molar-refractivity contribution in [1.29, 1.82) is 0 Å². The van der Waals surface area contributed by atoms with E-state index in [2.05, 4.69) is 10.6 Å². The lowest BCUT2D eigenvalue weighted by Gasteiger charge is -2.08. The van der Waals surface area contributed by atoms with Crippen LogP contribution in [0.25, 0.3) is 0 Å². The molecule has 5 nitrogen and oxygen atoms in total. The van der Waals surface area contributed by atoms with E-state index >= 15 is 0 Å². The highest BCUT2D eigenvalue weighted by Gasteiger charge is 2.10. The van der Waals surface area contributed by atoms with Gasteiger partial charge in [-0.15, -0.1) is 0 Å². The van der Waals surface area contributed by atoms with Gasteiger partial charge in [-0.25, -0.2) is 0 Å². The largest absolute Gasteiger partial charge is 0.467 e. The number of furan rings is 1. The quantitative estimate of drug-likeness (QED) is 0.882. The fourth-order valence-corrected chi connectivity index (χ4v) is 1.99. The molecule has 0 bridgehead atoms. The van der Waals surface area contributed by atoms with Crippen LogP contribution in [-0.2, 0) is 11.3 Å². The molecule has 2 N–H and O–H groups in total. The van der Waals surface area contributed by atoms with Gasteiger partial charge in [-0.2, -0.15) is 0 Å². The number of carbonyl (C=O) groups is 2. The number of amides is 2. The lowest BCUT2D eigenvalue weighted by Crippen LogP contribution is -2.36. The number of aryl methyl sites for hydroxylation is 2. The van der Waals surface area contributed by atoms with Crippen LogP contribution in [0.5, 0.6) is 0 Å². The van der Waals surface area contributed by atoms with Crippen molar-refractivity contribution in [3.05, 3.63) is 59.0 Å². The van der Waals surface area contributed by atoms with Crippen molar-refractivity contribution >= 4 is 11.8 Å². The molecule has 0 aliphatic carbocycles. The van der Waals surface area contributed by atoms with Gasteiger partial charge >= 0.3 is 0 Å². The zero-order valence-corrected chi connectivity index (χ0v) is 12.1. The van der Waals surface area contributed by atoms with Crippen LogP contribution < -0.4 is 10.6 Å². The standard InChI is InChI=1S/C16H18N2O3/c1-11-5-6-14(12(2)8-11)16(20)18-10-15(19)17-9-13-4-3-7-21-13/h3-8H,9-10H2,1-2H3,(H,17,19)(H,18,20). The van der Waals surface area contributed by atoms with Crippen LogP contribution >= 0.6 is 0 Å². The van der Waals surface area contributed by atoms with Crippen molar-refractivity contribution in [2.24, 2.45) is 0 Å². The second-order valence-electron chi connectivity index (χ2n) is 4.86. The normalized spacial score (nSPS) is 10.2. The summed E-state index contributed by atoms with van der Waals surface area (Å²) in [5, 5.41) is 5.28. The van der Waals surface area contributed by atoms with Crippen molar-refractivity contribution in [1.82, 2.24) is 10.6 Å². The highest BCUT2D eigenvalue weighted by molar-refractivity contribution is 5.97. The maximum atomic E-state index is 12.0. The van der Waals surface area contributed by atoms with Gasteiger partial charge in [0, 0.05) is 5.56 Å². The first-order chi connectivity index (χ1) is 10.1. The van der Waals surface area contributed by atoms with Crippen molar-refractivity contribution in [3.8, 4) is 0 Å². The number of hydrogen-bond acceptors (Lipinski definition) is 3. The summed E-state index contributed by atoms with van der Waals surface area (Å²) < 4.78 is 5.10. The molecular weight excluding hydrogens is 268 g/mol. The van der Waals surface area contributed by atoms with Gasteiger partial charge in [0.15, 0.2) is 0 Å². The number of rotatable bonds is 5. The third-order valence-electron chi connectivity index (χ3n) is 3.08. The third-order valence-corrected chi connectivity index (χ3v) is 3.08. The molecule has 1 aromatic carbocycles. The van der Waals surface area contributed by atoms with Gasteiger partial charge in [0.05, 0.1) is 19.4 Å². The minimum Gasteiger partial charge on any atom is -0.467 e. The summed E-state index contributed by atoms with van der Waals surface area (Å²) in [7, 11) is 0. The molecule has 2 aromatic rings. The first kappa shape index (κ1) is 14.8. The average molecular weight is 286 g/mol. The Balaban J connectivity index is 1.81. The SMILES string of the molecule is Cc1ccc(C(=O)NCC(=O)NCc2ccco2)c(C)c1. The summed E-state index contributed by atoms with van der Waals surface area (Å²) in [5.74, 6) is 0.161. The van der Waals surface area contributed by atoms with Crippen LogP contribution in [0.3, 0.4) is 0 Å². The zero-order chi connectivity index (χ0) is 15.2. The highest BCUT2D eigenvalue weighted by Crippen LogP contribution is 2.10. The molecule has 0 saturated carbocycles. The second-order valence-corrected chi connectivity index (χ2v) is 4.86. The van der Waals surface area contributed by atoms with Crippen LogP contribution in [0.1, 0.15) is 27.2 Å². The summed E-state index contributed by atoms with van der Waals surface area (Å²) in [6, 6.07) is 9.10. The predicted molar refractivity (Wildman–Crippen MR) is 78.8 cm³/mol. The molecule has 1 aromatic heterocycles. The molecule has 0 unspecified atom stereocenters. The monoisotopic (exact) mass is 286 g/mol. The first-order valence-corrected chi connectivity index (χ1v) is 6.71. The Bertz CT molecular complexity index is 633. The summed E-state index contributed by atoms with van der Waals surface area (Å²) in [6.07, 6.45) is 1.55. The van der Waals surface area contributed by atoms with E-state index in [0.717, 1.165) is 11.1 Å². The molecule has 2 rings (SSSR count). The Hall–Kier alpha value is -2.56. The molecule has 2 amide bonds. The summed E-state index contributed by atoms with van der Waals surface area (Å²) in [6.45, 7) is 4.09. The van der Waals surface area contributed by atoms with Gasteiger partial charge in [-0.3, -0.25) is 9.59 Å². The highest BCUT2D eigenvalue weighted by atomic mass is 16.3. The van der Waals surface area contributed by atoms with Crippen molar-refractivity contribution in [2.75, 3.05) is 6.54 Å². The molecule has 0 aliphatic rings. The van der Waals surface area contributed by atoms with Gasteiger partial charge in [-0.05, 0) is 37.6 Å². The van der Waals surface area contributed by atoms with Gasteiger partial charge in [0.25, 0.3) is 5.91 Å².